The van der Waals surface area contributed by atoms with Gasteiger partial charge in [0.1, 0.15) is 0 Å². The Labute approximate surface area is 83.2 Å². The van der Waals surface area contributed by atoms with Crippen LogP contribution in [-0.2, 0) is 4.74 Å². The molecule has 3 heteroatoms. The van der Waals surface area contributed by atoms with Crippen LogP contribution in [0.3, 0.4) is 0 Å². The lowest BCUT2D eigenvalue weighted by Crippen LogP contribution is -2.28. The van der Waals surface area contributed by atoms with E-state index in [-0.39, 0.29) is 0 Å². The van der Waals surface area contributed by atoms with E-state index in [4.69, 9.17) is 4.74 Å². The largest absolute Gasteiger partial charge is 0.381 e. The summed E-state index contributed by atoms with van der Waals surface area (Å²) in [6.07, 6.45) is 3.70. The maximum atomic E-state index is 5.29. The molecule has 0 radical (unpaired) electrons. The highest BCUT2D eigenvalue weighted by molar-refractivity contribution is 9.09. The van der Waals surface area contributed by atoms with Crippen LogP contribution in [0.15, 0.2) is 0 Å². The Morgan fingerprint density at radius 3 is 2.75 bits per heavy atom. The van der Waals surface area contributed by atoms with E-state index in [0.29, 0.717) is 0 Å². The molecule has 0 bridgehead atoms. The summed E-state index contributed by atoms with van der Waals surface area (Å²) in [7, 11) is 0. The highest BCUT2D eigenvalue weighted by Crippen LogP contribution is 2.12. The van der Waals surface area contributed by atoms with Crippen LogP contribution < -0.4 is 5.32 Å². The zero-order valence-corrected chi connectivity index (χ0v) is 9.11. The number of alkyl halides is 1. The smallest absolute Gasteiger partial charge is 0.0469 e. The Bertz CT molecular complexity index is 105. The van der Waals surface area contributed by atoms with Crippen molar-refractivity contribution >= 4 is 15.9 Å². The summed E-state index contributed by atoms with van der Waals surface area (Å²) in [6, 6.07) is 0. The van der Waals surface area contributed by atoms with Gasteiger partial charge in [-0.15, -0.1) is 0 Å². The maximum Gasteiger partial charge on any atom is 0.0469 e. The molecule has 0 spiro atoms. The number of rotatable bonds is 5. The highest BCUT2D eigenvalue weighted by atomic mass is 79.9. The predicted octanol–water partition coefficient (Wildman–Crippen LogP) is 1.79. The molecule has 0 unspecified atom stereocenters. The van der Waals surface area contributed by atoms with E-state index in [9.17, 15) is 0 Å². The molecule has 0 aromatic heterocycles. The van der Waals surface area contributed by atoms with Gasteiger partial charge in [-0.25, -0.2) is 0 Å². The van der Waals surface area contributed by atoms with Crippen LogP contribution in [0.25, 0.3) is 0 Å². The van der Waals surface area contributed by atoms with E-state index in [1.165, 1.54) is 25.8 Å². The summed E-state index contributed by atoms with van der Waals surface area (Å²) in [5.41, 5.74) is 0. The molecule has 1 rings (SSSR count). The monoisotopic (exact) mass is 235 g/mol. The molecule has 0 aromatic carbocycles. The SMILES string of the molecule is BrCCCNCC1CCOCC1. The lowest BCUT2D eigenvalue weighted by atomic mass is 10.0. The molecule has 0 saturated carbocycles. The van der Waals surface area contributed by atoms with Crippen molar-refractivity contribution in [3.8, 4) is 0 Å². The Hall–Kier alpha value is 0.400. The highest BCUT2D eigenvalue weighted by Gasteiger charge is 2.12. The second kappa shape index (κ2) is 6.87. The van der Waals surface area contributed by atoms with Crippen molar-refractivity contribution in [2.75, 3.05) is 31.6 Å². The summed E-state index contributed by atoms with van der Waals surface area (Å²) >= 11 is 3.42. The van der Waals surface area contributed by atoms with Crippen LogP contribution in [0.1, 0.15) is 19.3 Å². The fourth-order valence-corrected chi connectivity index (χ4v) is 1.73. The third kappa shape index (κ3) is 4.43. The third-order valence-electron chi connectivity index (χ3n) is 2.26. The number of nitrogens with one attached hydrogen (secondary N) is 1. The van der Waals surface area contributed by atoms with Gasteiger partial charge in [0.2, 0.25) is 0 Å². The molecule has 1 aliphatic heterocycles. The van der Waals surface area contributed by atoms with Gasteiger partial charge in [0.15, 0.2) is 0 Å². The molecule has 0 aliphatic carbocycles. The molecule has 2 nitrogen and oxygen atoms in total. The first-order valence-corrected chi connectivity index (χ1v) is 5.90. The van der Waals surface area contributed by atoms with E-state index in [0.717, 1.165) is 31.0 Å². The molecule has 0 aromatic rings. The van der Waals surface area contributed by atoms with Crippen LogP contribution in [0, 0.1) is 5.92 Å². The minimum Gasteiger partial charge on any atom is -0.381 e. The fourth-order valence-electron chi connectivity index (χ4n) is 1.45. The van der Waals surface area contributed by atoms with Crippen molar-refractivity contribution in [1.82, 2.24) is 5.32 Å². The number of ether oxygens (including phenoxy) is 1. The second-order valence-corrected chi connectivity index (χ2v) is 4.10. The summed E-state index contributed by atoms with van der Waals surface area (Å²) in [5, 5.41) is 4.58. The first-order chi connectivity index (χ1) is 5.93. The van der Waals surface area contributed by atoms with Gasteiger partial charge in [0.25, 0.3) is 0 Å². The number of hydrogen-bond acceptors (Lipinski definition) is 2. The van der Waals surface area contributed by atoms with Gasteiger partial charge in [-0.2, -0.15) is 0 Å². The molecular formula is C9H18BrNO. The van der Waals surface area contributed by atoms with Crippen LogP contribution in [0.2, 0.25) is 0 Å². The molecule has 1 aliphatic rings. The van der Waals surface area contributed by atoms with Crippen molar-refractivity contribution in [3.63, 3.8) is 0 Å². The lowest BCUT2D eigenvalue weighted by Gasteiger charge is -2.22. The standard InChI is InChI=1S/C9H18BrNO/c10-4-1-5-11-8-9-2-6-12-7-3-9/h9,11H,1-8H2. The van der Waals surface area contributed by atoms with Crippen molar-refractivity contribution < 1.29 is 4.74 Å². The van der Waals surface area contributed by atoms with Gasteiger partial charge < -0.3 is 10.1 Å². The zero-order valence-electron chi connectivity index (χ0n) is 7.52. The Balaban J connectivity index is 1.91. The molecular weight excluding hydrogens is 218 g/mol. The van der Waals surface area contributed by atoms with Gasteiger partial charge in [-0.3, -0.25) is 0 Å². The second-order valence-electron chi connectivity index (χ2n) is 3.30. The van der Waals surface area contributed by atoms with Crippen LogP contribution in [0.5, 0.6) is 0 Å². The topological polar surface area (TPSA) is 21.3 Å². The third-order valence-corrected chi connectivity index (χ3v) is 2.82. The molecule has 1 heterocycles. The quantitative estimate of drug-likeness (QED) is 0.580. The van der Waals surface area contributed by atoms with Gasteiger partial charge in [-0.05, 0) is 38.3 Å². The average molecular weight is 236 g/mol. The first-order valence-electron chi connectivity index (χ1n) is 4.78. The average Bonchev–Trinajstić information content (AvgIpc) is 2.14. The van der Waals surface area contributed by atoms with Crippen molar-refractivity contribution in [1.29, 1.82) is 0 Å². The van der Waals surface area contributed by atoms with E-state index in [1.807, 2.05) is 0 Å². The molecule has 1 fully saturated rings. The Morgan fingerprint density at radius 1 is 1.33 bits per heavy atom. The molecule has 0 amide bonds. The van der Waals surface area contributed by atoms with E-state index < -0.39 is 0 Å². The van der Waals surface area contributed by atoms with Crippen molar-refractivity contribution in [2.45, 2.75) is 19.3 Å². The van der Waals surface area contributed by atoms with Gasteiger partial charge in [-0.1, -0.05) is 15.9 Å². The number of halogens is 1. The summed E-state index contributed by atoms with van der Waals surface area (Å²) in [4.78, 5) is 0. The lowest BCUT2D eigenvalue weighted by molar-refractivity contribution is 0.0664. The summed E-state index contributed by atoms with van der Waals surface area (Å²) in [5.74, 6) is 0.856. The van der Waals surface area contributed by atoms with Crippen LogP contribution in [-0.4, -0.2) is 31.6 Å². The van der Waals surface area contributed by atoms with Gasteiger partial charge in [0.05, 0.1) is 0 Å². The Morgan fingerprint density at radius 2 is 2.08 bits per heavy atom. The minimum absolute atomic E-state index is 0.856. The summed E-state index contributed by atoms with van der Waals surface area (Å²) in [6.45, 7) is 4.24. The van der Waals surface area contributed by atoms with Crippen molar-refractivity contribution in [2.24, 2.45) is 5.92 Å². The molecule has 12 heavy (non-hydrogen) atoms. The van der Waals surface area contributed by atoms with E-state index >= 15 is 0 Å². The first kappa shape index (κ1) is 10.5. The molecule has 0 atom stereocenters. The molecule has 72 valence electrons. The van der Waals surface area contributed by atoms with E-state index in [2.05, 4.69) is 21.2 Å². The maximum absolute atomic E-state index is 5.29. The van der Waals surface area contributed by atoms with Gasteiger partial charge >= 0.3 is 0 Å². The fraction of sp³-hybridized carbons (Fsp3) is 1.00. The minimum atomic E-state index is 0.856. The van der Waals surface area contributed by atoms with Crippen LogP contribution >= 0.6 is 15.9 Å². The van der Waals surface area contributed by atoms with Crippen LogP contribution in [0.4, 0.5) is 0 Å². The molecule has 1 N–H and O–H groups in total. The summed E-state index contributed by atoms with van der Waals surface area (Å²) < 4.78 is 5.29. The normalized spacial score (nSPS) is 19.8. The predicted molar refractivity (Wildman–Crippen MR) is 54.8 cm³/mol. The van der Waals surface area contributed by atoms with Crippen molar-refractivity contribution in [3.05, 3.63) is 0 Å². The van der Waals surface area contributed by atoms with E-state index in [1.54, 1.807) is 0 Å². The Kier molecular flexibility index (Phi) is 6.00. The molecule has 1 saturated heterocycles. The van der Waals surface area contributed by atoms with Gasteiger partial charge in [0, 0.05) is 18.5 Å². The number of hydrogen-bond donors (Lipinski definition) is 1. The zero-order chi connectivity index (χ0) is 8.65.